The Morgan fingerprint density at radius 3 is 2.26 bits per heavy atom. The molecule has 1 aromatic rings. The second-order valence-electron chi connectivity index (χ2n) is 7.32. The lowest BCUT2D eigenvalue weighted by Crippen LogP contribution is -2.31. The number of rotatable bonds is 6. The number of ether oxygens (including phenoxy) is 1. The van der Waals surface area contributed by atoms with Crippen LogP contribution in [0.1, 0.15) is 39.0 Å². The molecule has 1 saturated carbocycles. The summed E-state index contributed by atoms with van der Waals surface area (Å²) in [5.74, 6) is -0.531. The van der Waals surface area contributed by atoms with E-state index >= 15 is 0 Å². The summed E-state index contributed by atoms with van der Waals surface area (Å²) < 4.78 is 32.0. The molecule has 0 aromatic heterocycles. The van der Waals surface area contributed by atoms with Crippen molar-refractivity contribution in [2.24, 2.45) is 11.8 Å². The lowest BCUT2D eigenvalue weighted by atomic mass is 10.2. The molecule has 1 amide bonds. The third-order valence-electron chi connectivity index (χ3n) is 5.10. The minimum Gasteiger partial charge on any atom is -0.455 e. The third-order valence-corrected chi connectivity index (χ3v) is 7.01. The predicted octanol–water partition coefficient (Wildman–Crippen LogP) is 2.39. The van der Waals surface area contributed by atoms with Gasteiger partial charge in [-0.1, -0.05) is 19.8 Å². The van der Waals surface area contributed by atoms with Crippen molar-refractivity contribution >= 4 is 27.6 Å². The molecule has 27 heavy (non-hydrogen) atoms. The number of nitrogens with zero attached hydrogens (tertiary/aromatic N) is 1. The van der Waals surface area contributed by atoms with Gasteiger partial charge in [-0.25, -0.2) is 8.42 Å². The molecule has 0 unspecified atom stereocenters. The van der Waals surface area contributed by atoms with Crippen LogP contribution in [0, 0.1) is 11.8 Å². The topological polar surface area (TPSA) is 92.8 Å². The van der Waals surface area contributed by atoms with Gasteiger partial charge in [0.2, 0.25) is 10.0 Å². The van der Waals surface area contributed by atoms with Gasteiger partial charge in [-0.3, -0.25) is 9.59 Å². The number of hydrogen-bond acceptors (Lipinski definition) is 5. The van der Waals surface area contributed by atoms with Crippen molar-refractivity contribution < 1.29 is 22.7 Å². The van der Waals surface area contributed by atoms with Crippen LogP contribution < -0.4 is 5.32 Å². The fraction of sp³-hybridized carbons (Fsp3) is 0.579. The van der Waals surface area contributed by atoms with Gasteiger partial charge in [0, 0.05) is 18.8 Å². The number of hydrogen-bond donors (Lipinski definition) is 1. The fourth-order valence-corrected chi connectivity index (χ4v) is 4.75. The summed E-state index contributed by atoms with van der Waals surface area (Å²) in [6.07, 6.45) is 4.69. The smallest absolute Gasteiger partial charge is 0.309 e. The van der Waals surface area contributed by atoms with Crippen LogP contribution in [0.15, 0.2) is 29.2 Å². The highest BCUT2D eigenvalue weighted by Gasteiger charge is 2.40. The van der Waals surface area contributed by atoms with Crippen LogP contribution in [0.4, 0.5) is 5.69 Å². The summed E-state index contributed by atoms with van der Waals surface area (Å²) in [6.45, 7) is 2.72. The molecule has 0 bridgehead atoms. The van der Waals surface area contributed by atoms with E-state index in [9.17, 15) is 18.0 Å². The largest absolute Gasteiger partial charge is 0.455 e. The van der Waals surface area contributed by atoms with Crippen LogP contribution in [0.5, 0.6) is 0 Å². The van der Waals surface area contributed by atoms with Gasteiger partial charge in [0.1, 0.15) is 0 Å². The highest BCUT2D eigenvalue weighted by atomic mass is 32.2. The summed E-state index contributed by atoms with van der Waals surface area (Å²) in [5.41, 5.74) is 0.464. The Morgan fingerprint density at radius 2 is 1.70 bits per heavy atom. The number of benzene rings is 1. The van der Waals surface area contributed by atoms with Crippen molar-refractivity contribution in [1.82, 2.24) is 4.31 Å². The molecule has 1 aliphatic carbocycles. The maximum Gasteiger partial charge on any atom is 0.309 e. The van der Waals surface area contributed by atoms with E-state index < -0.39 is 15.9 Å². The summed E-state index contributed by atoms with van der Waals surface area (Å²) in [6, 6.07) is 6.09. The zero-order valence-electron chi connectivity index (χ0n) is 15.5. The van der Waals surface area contributed by atoms with Crippen LogP contribution in [0.2, 0.25) is 0 Å². The summed E-state index contributed by atoms with van der Waals surface area (Å²) in [5, 5.41) is 2.61. The average Bonchev–Trinajstić information content (AvgIpc) is 3.42. The molecule has 0 radical (unpaired) electrons. The van der Waals surface area contributed by atoms with E-state index in [1.165, 1.54) is 16.4 Å². The first-order valence-corrected chi connectivity index (χ1v) is 10.9. The molecule has 3 rings (SSSR count). The Kier molecular flexibility index (Phi) is 6.16. The summed E-state index contributed by atoms with van der Waals surface area (Å²) in [7, 11) is -3.51. The number of esters is 1. The molecule has 7 nitrogen and oxygen atoms in total. The molecular weight excluding hydrogens is 368 g/mol. The first-order valence-electron chi connectivity index (χ1n) is 9.44. The van der Waals surface area contributed by atoms with Crippen molar-refractivity contribution in [3.63, 3.8) is 0 Å². The second-order valence-corrected chi connectivity index (χ2v) is 9.26. The van der Waals surface area contributed by atoms with Gasteiger partial charge in [-0.2, -0.15) is 4.31 Å². The van der Waals surface area contributed by atoms with Crippen LogP contribution in [0.25, 0.3) is 0 Å². The number of carbonyl (C=O) groups excluding carboxylic acids is 2. The normalized spacial score (nSPS) is 23.3. The lowest BCUT2D eigenvalue weighted by Gasteiger charge is -2.20. The van der Waals surface area contributed by atoms with Gasteiger partial charge in [0.15, 0.2) is 6.61 Å². The van der Waals surface area contributed by atoms with E-state index in [2.05, 4.69) is 5.32 Å². The van der Waals surface area contributed by atoms with Crippen molar-refractivity contribution in [3.05, 3.63) is 24.3 Å². The number of amides is 1. The van der Waals surface area contributed by atoms with Crippen LogP contribution in [0.3, 0.4) is 0 Å². The molecular formula is C19H26N2O5S. The van der Waals surface area contributed by atoms with Gasteiger partial charge < -0.3 is 10.1 Å². The predicted molar refractivity (Wildman–Crippen MR) is 101 cm³/mol. The zero-order chi connectivity index (χ0) is 19.4. The van der Waals surface area contributed by atoms with E-state index in [1.807, 2.05) is 6.92 Å². The Balaban J connectivity index is 1.54. The molecule has 1 saturated heterocycles. The molecule has 1 aromatic carbocycles. The second kappa shape index (κ2) is 8.39. The molecule has 1 N–H and O–H groups in total. The Labute approximate surface area is 160 Å². The average molecular weight is 394 g/mol. The molecule has 0 spiro atoms. The van der Waals surface area contributed by atoms with Crippen LogP contribution in [-0.2, 0) is 24.3 Å². The van der Waals surface area contributed by atoms with E-state index in [0.717, 1.165) is 32.1 Å². The van der Waals surface area contributed by atoms with Gasteiger partial charge in [0.05, 0.1) is 10.8 Å². The summed E-state index contributed by atoms with van der Waals surface area (Å²) >= 11 is 0. The van der Waals surface area contributed by atoms with Gasteiger partial charge in [-0.15, -0.1) is 0 Å². The number of anilines is 1. The minimum atomic E-state index is -3.51. The summed E-state index contributed by atoms with van der Waals surface area (Å²) in [4.78, 5) is 23.7. The van der Waals surface area contributed by atoms with Crippen molar-refractivity contribution in [2.75, 3.05) is 25.0 Å². The maximum absolute atomic E-state index is 12.7. The van der Waals surface area contributed by atoms with Gasteiger partial charge in [0.25, 0.3) is 5.91 Å². The van der Waals surface area contributed by atoms with E-state index in [1.54, 1.807) is 12.1 Å². The first-order chi connectivity index (χ1) is 12.9. The molecule has 1 heterocycles. The van der Waals surface area contributed by atoms with Crippen LogP contribution in [-0.4, -0.2) is 44.3 Å². The Bertz CT molecular complexity index is 783. The van der Waals surface area contributed by atoms with E-state index in [0.29, 0.717) is 24.7 Å². The van der Waals surface area contributed by atoms with Crippen molar-refractivity contribution in [2.45, 2.75) is 43.9 Å². The first kappa shape index (κ1) is 19.8. The third kappa shape index (κ3) is 5.07. The van der Waals surface area contributed by atoms with E-state index in [4.69, 9.17) is 4.74 Å². The molecule has 2 atom stereocenters. The fourth-order valence-electron chi connectivity index (χ4n) is 3.23. The molecule has 2 aliphatic rings. The monoisotopic (exact) mass is 394 g/mol. The quantitative estimate of drug-likeness (QED) is 0.748. The van der Waals surface area contributed by atoms with Gasteiger partial charge >= 0.3 is 5.97 Å². The maximum atomic E-state index is 12.7. The highest BCUT2D eigenvalue weighted by Crippen LogP contribution is 2.38. The van der Waals surface area contributed by atoms with Crippen molar-refractivity contribution in [3.8, 4) is 0 Å². The SMILES string of the molecule is C[C@H]1C[C@H]1C(=O)OCC(=O)Nc1ccc(S(=O)(=O)N2CCCCCC2)cc1. The molecule has 1 aliphatic heterocycles. The van der Waals surface area contributed by atoms with E-state index in [-0.39, 0.29) is 23.4 Å². The number of carbonyl (C=O) groups is 2. The lowest BCUT2D eigenvalue weighted by molar-refractivity contribution is -0.148. The standard InChI is InChI=1S/C19H26N2O5S/c1-14-12-17(14)19(23)26-13-18(22)20-15-6-8-16(9-7-15)27(24,25)21-10-4-2-3-5-11-21/h6-9,14,17H,2-5,10-13H2,1H3,(H,20,22)/t14-,17+/m0/s1. The van der Waals surface area contributed by atoms with Crippen LogP contribution >= 0.6 is 0 Å². The zero-order valence-corrected chi connectivity index (χ0v) is 16.3. The highest BCUT2D eigenvalue weighted by molar-refractivity contribution is 7.89. The molecule has 148 valence electrons. The van der Waals surface area contributed by atoms with Gasteiger partial charge in [-0.05, 0) is 49.4 Å². The van der Waals surface area contributed by atoms with Crippen molar-refractivity contribution in [1.29, 1.82) is 0 Å². The Hall–Kier alpha value is -1.93. The number of sulfonamides is 1. The molecule has 2 fully saturated rings. The number of nitrogens with one attached hydrogen (secondary N) is 1. The minimum absolute atomic E-state index is 0.0822. The Morgan fingerprint density at radius 1 is 1.11 bits per heavy atom. The molecule has 8 heteroatoms.